The van der Waals surface area contributed by atoms with Crippen molar-refractivity contribution in [1.29, 1.82) is 0 Å². The molecule has 0 atom stereocenters. The van der Waals surface area contributed by atoms with E-state index in [-0.39, 0.29) is 0 Å². The molecule has 0 unspecified atom stereocenters. The average Bonchev–Trinajstić information content (AvgIpc) is 3.01. The van der Waals surface area contributed by atoms with Gasteiger partial charge in [0.05, 0.1) is 15.4 Å². The Bertz CT molecular complexity index is 636. The summed E-state index contributed by atoms with van der Waals surface area (Å²) in [6, 6.07) is 3.99. The zero-order valence-electron chi connectivity index (χ0n) is 9.10. The number of hydrogen-bond donors (Lipinski definition) is 2. The lowest BCUT2D eigenvalue weighted by molar-refractivity contribution is 1.11. The number of rotatable bonds is 2. The Kier molecular flexibility index (Phi) is 2.45. The standard InChI is InChI=1S/C11H10N4S2/c1-6-5-17-9(8(6)12)11-13-10(14-15-11)7-3-2-4-16-7/h2-5H,12H2,1H3,(H,13,14,15). The summed E-state index contributed by atoms with van der Waals surface area (Å²) in [5.74, 6) is 1.46. The lowest BCUT2D eigenvalue weighted by Crippen LogP contribution is -1.88. The minimum absolute atomic E-state index is 0.723. The van der Waals surface area contributed by atoms with Gasteiger partial charge in [0.15, 0.2) is 11.6 Å². The third kappa shape index (κ3) is 1.75. The van der Waals surface area contributed by atoms with Crippen molar-refractivity contribution in [2.24, 2.45) is 0 Å². The first kappa shape index (κ1) is 10.5. The van der Waals surface area contributed by atoms with Crippen LogP contribution >= 0.6 is 22.7 Å². The highest BCUT2D eigenvalue weighted by Gasteiger charge is 2.13. The molecule has 0 bridgehead atoms. The van der Waals surface area contributed by atoms with Crippen LogP contribution in [0.2, 0.25) is 0 Å². The summed E-state index contributed by atoms with van der Waals surface area (Å²) in [6.45, 7) is 1.99. The molecule has 0 aliphatic carbocycles. The topological polar surface area (TPSA) is 67.6 Å². The number of H-pyrrole nitrogens is 1. The zero-order valence-corrected chi connectivity index (χ0v) is 10.7. The summed E-state index contributed by atoms with van der Waals surface area (Å²) in [6.07, 6.45) is 0. The first-order chi connectivity index (χ1) is 8.25. The number of hydrogen-bond acceptors (Lipinski definition) is 5. The van der Waals surface area contributed by atoms with Crippen LogP contribution in [0.5, 0.6) is 0 Å². The molecule has 0 spiro atoms. The number of thiophene rings is 2. The monoisotopic (exact) mass is 262 g/mol. The number of nitrogens with one attached hydrogen (secondary N) is 1. The lowest BCUT2D eigenvalue weighted by Gasteiger charge is -1.93. The Hall–Kier alpha value is -1.66. The molecule has 3 N–H and O–H groups in total. The second-order valence-corrected chi connectivity index (χ2v) is 5.47. The van der Waals surface area contributed by atoms with Gasteiger partial charge in [-0.3, -0.25) is 5.10 Å². The SMILES string of the molecule is Cc1csc(-c2nc(-c3cccs3)n[nH]2)c1N. The molecule has 86 valence electrons. The Labute approximate surface area is 106 Å². The first-order valence-corrected chi connectivity index (χ1v) is 6.82. The van der Waals surface area contributed by atoms with E-state index in [0.717, 1.165) is 32.7 Å². The van der Waals surface area contributed by atoms with Gasteiger partial charge in [-0.2, -0.15) is 5.10 Å². The normalized spacial score (nSPS) is 10.9. The van der Waals surface area contributed by atoms with Crippen LogP contribution in [-0.2, 0) is 0 Å². The Morgan fingerprint density at radius 3 is 2.88 bits per heavy atom. The van der Waals surface area contributed by atoms with E-state index in [9.17, 15) is 0 Å². The predicted octanol–water partition coefficient (Wildman–Crippen LogP) is 3.15. The highest BCUT2D eigenvalue weighted by atomic mass is 32.1. The van der Waals surface area contributed by atoms with Crippen molar-refractivity contribution >= 4 is 28.4 Å². The summed E-state index contributed by atoms with van der Waals surface area (Å²) in [7, 11) is 0. The van der Waals surface area contributed by atoms with E-state index in [4.69, 9.17) is 5.73 Å². The molecular weight excluding hydrogens is 252 g/mol. The van der Waals surface area contributed by atoms with Gasteiger partial charge in [0.1, 0.15) is 0 Å². The fourth-order valence-electron chi connectivity index (χ4n) is 1.52. The second-order valence-electron chi connectivity index (χ2n) is 3.65. The van der Waals surface area contributed by atoms with Gasteiger partial charge in [0.25, 0.3) is 0 Å². The van der Waals surface area contributed by atoms with Crippen LogP contribution in [0.1, 0.15) is 5.56 Å². The number of nitrogen functional groups attached to an aromatic ring is 1. The third-order valence-corrected chi connectivity index (χ3v) is 4.45. The third-order valence-electron chi connectivity index (χ3n) is 2.47. The van der Waals surface area contributed by atoms with E-state index in [1.54, 1.807) is 22.7 Å². The molecule has 4 nitrogen and oxygen atoms in total. The summed E-state index contributed by atoms with van der Waals surface area (Å²) in [5.41, 5.74) is 7.85. The van der Waals surface area contributed by atoms with Gasteiger partial charge in [0, 0.05) is 0 Å². The second kappa shape index (κ2) is 3.97. The number of aromatic amines is 1. The van der Waals surface area contributed by atoms with Crippen LogP contribution in [0.3, 0.4) is 0 Å². The molecule has 0 aliphatic rings. The van der Waals surface area contributed by atoms with Crippen molar-refractivity contribution in [2.45, 2.75) is 6.92 Å². The number of anilines is 1. The van der Waals surface area contributed by atoms with Gasteiger partial charge < -0.3 is 5.73 Å². The summed E-state index contributed by atoms with van der Waals surface area (Å²) in [4.78, 5) is 6.48. The van der Waals surface area contributed by atoms with E-state index in [1.807, 2.05) is 29.8 Å². The molecule has 0 saturated heterocycles. The van der Waals surface area contributed by atoms with Gasteiger partial charge in [-0.1, -0.05) is 6.07 Å². The van der Waals surface area contributed by atoms with E-state index in [0.29, 0.717) is 0 Å². The predicted molar refractivity (Wildman–Crippen MR) is 72.2 cm³/mol. The van der Waals surface area contributed by atoms with Crippen molar-refractivity contribution in [2.75, 3.05) is 5.73 Å². The van der Waals surface area contributed by atoms with Crippen LogP contribution in [-0.4, -0.2) is 15.2 Å². The van der Waals surface area contributed by atoms with E-state index < -0.39 is 0 Å². The Balaban J connectivity index is 2.04. The lowest BCUT2D eigenvalue weighted by atomic mass is 10.3. The number of nitrogens with two attached hydrogens (primary N) is 1. The van der Waals surface area contributed by atoms with Gasteiger partial charge in [-0.05, 0) is 29.3 Å². The first-order valence-electron chi connectivity index (χ1n) is 5.06. The van der Waals surface area contributed by atoms with Crippen LogP contribution < -0.4 is 5.73 Å². The van der Waals surface area contributed by atoms with Gasteiger partial charge >= 0.3 is 0 Å². The van der Waals surface area contributed by atoms with E-state index >= 15 is 0 Å². The molecule has 0 saturated carbocycles. The van der Waals surface area contributed by atoms with E-state index in [2.05, 4.69) is 15.2 Å². The molecule has 3 aromatic heterocycles. The van der Waals surface area contributed by atoms with Crippen LogP contribution in [0.4, 0.5) is 5.69 Å². The fourth-order valence-corrected chi connectivity index (χ4v) is 3.09. The number of aryl methyl sites for hydroxylation is 1. The molecule has 0 fully saturated rings. The summed E-state index contributed by atoms with van der Waals surface area (Å²) >= 11 is 3.21. The molecule has 17 heavy (non-hydrogen) atoms. The van der Waals surface area contributed by atoms with Gasteiger partial charge in [-0.25, -0.2) is 4.98 Å². The van der Waals surface area contributed by atoms with Crippen LogP contribution in [0.15, 0.2) is 22.9 Å². The summed E-state index contributed by atoms with van der Waals surface area (Å²) < 4.78 is 0. The Morgan fingerprint density at radius 1 is 1.35 bits per heavy atom. The largest absolute Gasteiger partial charge is 0.397 e. The number of nitrogens with zero attached hydrogens (tertiary/aromatic N) is 2. The summed E-state index contributed by atoms with van der Waals surface area (Å²) in [5, 5.41) is 11.2. The van der Waals surface area contributed by atoms with Crippen molar-refractivity contribution in [3.05, 3.63) is 28.5 Å². The maximum atomic E-state index is 5.99. The highest BCUT2D eigenvalue weighted by Crippen LogP contribution is 2.33. The maximum Gasteiger partial charge on any atom is 0.191 e. The van der Waals surface area contributed by atoms with Crippen molar-refractivity contribution < 1.29 is 0 Å². The molecule has 3 aromatic rings. The quantitative estimate of drug-likeness (QED) is 0.745. The number of aromatic nitrogens is 3. The molecule has 3 rings (SSSR count). The minimum Gasteiger partial charge on any atom is -0.397 e. The minimum atomic E-state index is 0.723. The van der Waals surface area contributed by atoms with Crippen molar-refractivity contribution in [3.8, 4) is 21.4 Å². The van der Waals surface area contributed by atoms with Crippen molar-refractivity contribution in [3.63, 3.8) is 0 Å². The molecule has 0 amide bonds. The van der Waals surface area contributed by atoms with Crippen LogP contribution in [0.25, 0.3) is 21.4 Å². The average molecular weight is 262 g/mol. The van der Waals surface area contributed by atoms with Crippen molar-refractivity contribution in [1.82, 2.24) is 15.2 Å². The highest BCUT2D eigenvalue weighted by molar-refractivity contribution is 7.14. The smallest absolute Gasteiger partial charge is 0.191 e. The van der Waals surface area contributed by atoms with E-state index in [1.165, 1.54) is 0 Å². The Morgan fingerprint density at radius 2 is 2.24 bits per heavy atom. The van der Waals surface area contributed by atoms with Crippen LogP contribution in [0, 0.1) is 6.92 Å². The molecule has 6 heteroatoms. The molecular formula is C11H10N4S2. The molecule has 0 aromatic carbocycles. The zero-order chi connectivity index (χ0) is 11.8. The maximum absolute atomic E-state index is 5.99. The molecule has 0 radical (unpaired) electrons. The molecule has 3 heterocycles. The van der Waals surface area contributed by atoms with Gasteiger partial charge in [-0.15, -0.1) is 22.7 Å². The van der Waals surface area contributed by atoms with Gasteiger partial charge in [0.2, 0.25) is 0 Å². The molecule has 0 aliphatic heterocycles. The fraction of sp³-hybridized carbons (Fsp3) is 0.0909.